The highest BCUT2D eigenvalue weighted by molar-refractivity contribution is 4.83. The van der Waals surface area contributed by atoms with Crippen LogP contribution in [0.3, 0.4) is 0 Å². The average Bonchev–Trinajstić information content (AvgIpc) is 2.41. The quantitative estimate of drug-likeness (QED) is 0.471. The van der Waals surface area contributed by atoms with Gasteiger partial charge in [0.05, 0.1) is 0 Å². The summed E-state index contributed by atoms with van der Waals surface area (Å²) in [6.45, 7) is 19.5. The molecule has 0 bridgehead atoms. The predicted molar refractivity (Wildman–Crippen MR) is 101 cm³/mol. The van der Waals surface area contributed by atoms with Gasteiger partial charge in [-0.05, 0) is 66.6 Å². The van der Waals surface area contributed by atoms with E-state index in [1.807, 2.05) is 0 Å². The van der Waals surface area contributed by atoms with Crippen molar-refractivity contribution in [2.45, 2.75) is 107 Å². The minimum atomic E-state index is 0.486. The lowest BCUT2D eigenvalue weighted by atomic mass is 9.66. The third-order valence-corrected chi connectivity index (χ3v) is 6.63. The van der Waals surface area contributed by atoms with Gasteiger partial charge in [0, 0.05) is 0 Å². The van der Waals surface area contributed by atoms with Crippen LogP contribution in [-0.2, 0) is 0 Å². The normalized spacial score (nSPS) is 26.7. The van der Waals surface area contributed by atoms with E-state index in [-0.39, 0.29) is 0 Å². The SMILES string of the molecule is CCCC(CCC(C)C1CCC(C(C)(C)C)CC1)C(C)(C)C. The van der Waals surface area contributed by atoms with E-state index >= 15 is 0 Å². The van der Waals surface area contributed by atoms with Crippen LogP contribution >= 0.6 is 0 Å². The van der Waals surface area contributed by atoms with E-state index in [1.165, 1.54) is 51.4 Å². The van der Waals surface area contributed by atoms with Gasteiger partial charge in [-0.1, -0.05) is 74.7 Å². The van der Waals surface area contributed by atoms with Gasteiger partial charge in [0.15, 0.2) is 0 Å². The molecule has 22 heavy (non-hydrogen) atoms. The third kappa shape index (κ3) is 6.25. The first-order chi connectivity index (χ1) is 10.1. The van der Waals surface area contributed by atoms with E-state index in [4.69, 9.17) is 0 Å². The largest absolute Gasteiger partial charge is 0.0654 e. The molecule has 0 aliphatic heterocycles. The van der Waals surface area contributed by atoms with Crippen molar-refractivity contribution in [3.8, 4) is 0 Å². The zero-order valence-corrected chi connectivity index (χ0v) is 17.0. The summed E-state index contributed by atoms with van der Waals surface area (Å²) in [7, 11) is 0. The lowest BCUT2D eigenvalue weighted by molar-refractivity contribution is 0.117. The van der Waals surface area contributed by atoms with Crippen molar-refractivity contribution in [3.63, 3.8) is 0 Å². The summed E-state index contributed by atoms with van der Waals surface area (Å²) < 4.78 is 0. The summed E-state index contributed by atoms with van der Waals surface area (Å²) in [5, 5.41) is 0. The van der Waals surface area contributed by atoms with Crippen molar-refractivity contribution in [3.05, 3.63) is 0 Å². The predicted octanol–water partition coefficient (Wildman–Crippen LogP) is 7.72. The van der Waals surface area contributed by atoms with Gasteiger partial charge in [0.2, 0.25) is 0 Å². The molecule has 2 atom stereocenters. The van der Waals surface area contributed by atoms with Crippen LogP contribution in [0.4, 0.5) is 0 Å². The fourth-order valence-corrected chi connectivity index (χ4v) is 4.61. The minimum Gasteiger partial charge on any atom is -0.0654 e. The highest BCUT2D eigenvalue weighted by Gasteiger charge is 2.32. The molecular weight excluding hydrogens is 264 g/mol. The van der Waals surface area contributed by atoms with Crippen LogP contribution < -0.4 is 0 Å². The Morgan fingerprint density at radius 3 is 1.77 bits per heavy atom. The maximum absolute atomic E-state index is 2.54. The zero-order chi connectivity index (χ0) is 17.0. The molecule has 1 fully saturated rings. The third-order valence-electron chi connectivity index (χ3n) is 6.63. The van der Waals surface area contributed by atoms with Crippen molar-refractivity contribution in [2.24, 2.45) is 34.5 Å². The molecule has 0 nitrogen and oxygen atoms in total. The Labute approximate surface area is 141 Å². The highest BCUT2D eigenvalue weighted by Crippen LogP contribution is 2.43. The maximum Gasteiger partial charge on any atom is -0.0354 e. The molecule has 0 aromatic carbocycles. The van der Waals surface area contributed by atoms with E-state index in [9.17, 15) is 0 Å². The van der Waals surface area contributed by atoms with Crippen molar-refractivity contribution in [2.75, 3.05) is 0 Å². The zero-order valence-electron chi connectivity index (χ0n) is 17.0. The van der Waals surface area contributed by atoms with Crippen molar-refractivity contribution in [1.29, 1.82) is 0 Å². The van der Waals surface area contributed by atoms with Crippen LogP contribution in [0, 0.1) is 34.5 Å². The van der Waals surface area contributed by atoms with Crippen LogP contribution in [0.5, 0.6) is 0 Å². The van der Waals surface area contributed by atoms with Gasteiger partial charge in [0.1, 0.15) is 0 Å². The first kappa shape index (κ1) is 20.0. The second kappa shape index (κ2) is 8.20. The standard InChI is InChI=1S/C22H44/c1-9-10-19(21(3,4)5)14-11-17(2)18-12-15-20(16-13-18)22(6,7)8/h17-20H,9-16H2,1-8H3. The summed E-state index contributed by atoms with van der Waals surface area (Å²) in [6, 6.07) is 0. The van der Waals surface area contributed by atoms with Gasteiger partial charge in [0.25, 0.3) is 0 Å². The van der Waals surface area contributed by atoms with Gasteiger partial charge in [-0.25, -0.2) is 0 Å². The molecular formula is C22H44. The Balaban J connectivity index is 2.41. The first-order valence-corrected chi connectivity index (χ1v) is 10.1. The molecule has 0 aromatic heterocycles. The minimum absolute atomic E-state index is 0.486. The fourth-order valence-electron chi connectivity index (χ4n) is 4.61. The number of hydrogen-bond acceptors (Lipinski definition) is 0. The summed E-state index contributed by atoms with van der Waals surface area (Å²) in [5.41, 5.74) is 1.01. The lowest BCUT2D eigenvalue weighted by Crippen LogP contribution is -2.28. The fraction of sp³-hybridized carbons (Fsp3) is 1.00. The van der Waals surface area contributed by atoms with E-state index in [0.29, 0.717) is 10.8 Å². The summed E-state index contributed by atoms with van der Waals surface area (Å²) in [6.07, 6.45) is 11.5. The number of hydrogen-bond donors (Lipinski definition) is 0. The Kier molecular flexibility index (Phi) is 7.47. The Morgan fingerprint density at radius 2 is 1.36 bits per heavy atom. The maximum atomic E-state index is 2.54. The first-order valence-electron chi connectivity index (χ1n) is 10.1. The molecule has 0 saturated heterocycles. The summed E-state index contributed by atoms with van der Waals surface area (Å²) >= 11 is 0. The summed E-state index contributed by atoms with van der Waals surface area (Å²) in [4.78, 5) is 0. The monoisotopic (exact) mass is 308 g/mol. The molecule has 1 aliphatic rings. The van der Waals surface area contributed by atoms with Gasteiger partial charge in [-0.2, -0.15) is 0 Å². The van der Waals surface area contributed by atoms with Crippen LogP contribution in [0.1, 0.15) is 107 Å². The Morgan fingerprint density at radius 1 is 0.818 bits per heavy atom. The van der Waals surface area contributed by atoms with Crippen molar-refractivity contribution >= 4 is 0 Å². The molecule has 0 spiro atoms. The second-order valence-electron chi connectivity index (χ2n) is 10.4. The molecule has 1 aliphatic carbocycles. The van der Waals surface area contributed by atoms with E-state index in [0.717, 1.165) is 23.7 Å². The molecule has 0 radical (unpaired) electrons. The van der Waals surface area contributed by atoms with Gasteiger partial charge in [-0.3, -0.25) is 0 Å². The van der Waals surface area contributed by atoms with Gasteiger partial charge < -0.3 is 0 Å². The molecule has 0 N–H and O–H groups in total. The van der Waals surface area contributed by atoms with Crippen LogP contribution in [0.2, 0.25) is 0 Å². The van der Waals surface area contributed by atoms with Gasteiger partial charge in [-0.15, -0.1) is 0 Å². The van der Waals surface area contributed by atoms with Crippen molar-refractivity contribution in [1.82, 2.24) is 0 Å². The summed E-state index contributed by atoms with van der Waals surface area (Å²) in [5.74, 6) is 3.80. The molecule has 1 saturated carbocycles. The van der Waals surface area contributed by atoms with E-state index < -0.39 is 0 Å². The molecule has 1 rings (SSSR count). The Hall–Kier alpha value is 0. The highest BCUT2D eigenvalue weighted by atomic mass is 14.4. The molecule has 132 valence electrons. The molecule has 0 amide bonds. The lowest BCUT2D eigenvalue weighted by Gasteiger charge is -2.39. The van der Waals surface area contributed by atoms with Crippen LogP contribution in [0.15, 0.2) is 0 Å². The van der Waals surface area contributed by atoms with Crippen LogP contribution in [-0.4, -0.2) is 0 Å². The molecule has 0 aromatic rings. The average molecular weight is 309 g/mol. The van der Waals surface area contributed by atoms with Crippen molar-refractivity contribution < 1.29 is 0 Å². The molecule has 0 heterocycles. The molecule has 2 unspecified atom stereocenters. The topological polar surface area (TPSA) is 0 Å². The Bertz CT molecular complexity index is 293. The number of rotatable bonds is 6. The second-order valence-corrected chi connectivity index (χ2v) is 10.4. The van der Waals surface area contributed by atoms with E-state index in [1.54, 1.807) is 0 Å². The van der Waals surface area contributed by atoms with E-state index in [2.05, 4.69) is 55.4 Å². The molecule has 0 heteroatoms. The van der Waals surface area contributed by atoms with Crippen LogP contribution in [0.25, 0.3) is 0 Å². The van der Waals surface area contributed by atoms with Gasteiger partial charge >= 0.3 is 0 Å². The smallest absolute Gasteiger partial charge is 0.0354 e.